The third-order valence-electron chi connectivity index (χ3n) is 8.02. The number of ether oxygens (including phenoxy) is 4. The van der Waals surface area contributed by atoms with Gasteiger partial charge in [0.1, 0.15) is 23.3 Å². The molecule has 1 aliphatic carbocycles. The summed E-state index contributed by atoms with van der Waals surface area (Å²) < 4.78 is 22.8. The normalized spacial score (nSPS) is 21.6. The van der Waals surface area contributed by atoms with Gasteiger partial charge in [-0.05, 0) is 57.6 Å². The number of morpholine rings is 1. The monoisotopic (exact) mass is 577 g/mol. The number of nitrogens with one attached hydrogen (secondary N) is 2. The van der Waals surface area contributed by atoms with Crippen molar-refractivity contribution in [3.8, 4) is 5.88 Å². The number of carbonyl (C=O) groups is 1. The van der Waals surface area contributed by atoms with Gasteiger partial charge in [0.15, 0.2) is 0 Å². The highest BCUT2D eigenvalue weighted by Gasteiger charge is 2.26. The summed E-state index contributed by atoms with van der Waals surface area (Å²) in [7, 11) is 0. The van der Waals surface area contributed by atoms with Gasteiger partial charge in [0.05, 0.1) is 30.7 Å². The van der Waals surface area contributed by atoms with Crippen molar-refractivity contribution in [2.45, 2.75) is 63.6 Å². The van der Waals surface area contributed by atoms with Crippen molar-refractivity contribution in [3.63, 3.8) is 0 Å². The first-order valence-electron chi connectivity index (χ1n) is 15.1. The van der Waals surface area contributed by atoms with E-state index in [-0.39, 0.29) is 18.2 Å². The Labute approximate surface area is 245 Å². The first-order chi connectivity index (χ1) is 20.7. The number of pyridine rings is 2. The van der Waals surface area contributed by atoms with Crippen molar-refractivity contribution >= 4 is 34.5 Å². The predicted molar refractivity (Wildman–Crippen MR) is 158 cm³/mol. The molecule has 0 spiro atoms. The van der Waals surface area contributed by atoms with Crippen molar-refractivity contribution in [1.29, 1.82) is 0 Å². The van der Waals surface area contributed by atoms with Crippen LogP contribution >= 0.6 is 0 Å². The minimum absolute atomic E-state index is 0.0525. The standard InChI is InChI=1S/C30H39N7O5/c1-2-41-29(38)24-19-32-30(36-27(24)33-21-9-14-39-15-10-21)34-20-5-7-22(8-6-20)42-28-23-4-3-11-31-25(23)18-26(35-28)37-12-16-40-17-13-37/h3-4,11,18-22H,2,5-10,12-17H2,1H3,(H2,32,33,34,36). The van der Waals surface area contributed by atoms with Crippen LogP contribution in [0.1, 0.15) is 55.8 Å². The number of anilines is 3. The van der Waals surface area contributed by atoms with Gasteiger partial charge in [0, 0.05) is 56.8 Å². The summed E-state index contributed by atoms with van der Waals surface area (Å²) in [5, 5.41) is 7.84. The number of nitrogens with zero attached hydrogens (tertiary/aromatic N) is 5. The topological polar surface area (TPSA) is 133 Å². The molecule has 0 aromatic carbocycles. The van der Waals surface area contributed by atoms with Crippen LogP contribution in [0.2, 0.25) is 0 Å². The molecule has 0 amide bonds. The van der Waals surface area contributed by atoms with E-state index in [2.05, 4.69) is 25.5 Å². The second-order valence-corrected chi connectivity index (χ2v) is 10.9. The molecule has 1 saturated carbocycles. The van der Waals surface area contributed by atoms with Gasteiger partial charge in [-0.1, -0.05) is 0 Å². The molecule has 2 saturated heterocycles. The molecule has 224 valence electrons. The molecule has 3 aromatic rings. The fraction of sp³-hybridized carbons (Fsp3) is 0.567. The van der Waals surface area contributed by atoms with E-state index in [0.29, 0.717) is 56.2 Å². The number of rotatable bonds is 9. The Balaban J connectivity index is 1.10. The Morgan fingerprint density at radius 2 is 1.74 bits per heavy atom. The zero-order valence-electron chi connectivity index (χ0n) is 24.1. The van der Waals surface area contributed by atoms with Crippen molar-refractivity contribution in [1.82, 2.24) is 19.9 Å². The Kier molecular flexibility index (Phi) is 9.09. The molecule has 0 unspecified atom stereocenters. The average molecular weight is 578 g/mol. The minimum atomic E-state index is -0.426. The lowest BCUT2D eigenvalue weighted by Crippen LogP contribution is -2.37. The molecule has 0 bridgehead atoms. The smallest absolute Gasteiger partial charge is 0.343 e. The molecule has 42 heavy (non-hydrogen) atoms. The van der Waals surface area contributed by atoms with E-state index in [0.717, 1.165) is 68.3 Å². The molecular weight excluding hydrogens is 538 g/mol. The minimum Gasteiger partial charge on any atom is -0.474 e. The molecule has 0 atom stereocenters. The summed E-state index contributed by atoms with van der Waals surface area (Å²) in [6, 6.07) is 6.35. The Hall–Kier alpha value is -3.77. The molecular formula is C30H39N7O5. The van der Waals surface area contributed by atoms with Crippen LogP contribution in [-0.4, -0.2) is 90.2 Å². The molecule has 6 rings (SSSR count). The van der Waals surface area contributed by atoms with Crippen molar-refractivity contribution < 1.29 is 23.7 Å². The van der Waals surface area contributed by atoms with Gasteiger partial charge in [0.25, 0.3) is 0 Å². The Morgan fingerprint density at radius 3 is 2.52 bits per heavy atom. The van der Waals surface area contributed by atoms with Gasteiger partial charge >= 0.3 is 5.97 Å². The quantitative estimate of drug-likeness (QED) is 0.358. The van der Waals surface area contributed by atoms with Gasteiger partial charge in [-0.25, -0.2) is 9.78 Å². The second kappa shape index (κ2) is 13.5. The lowest BCUT2D eigenvalue weighted by molar-refractivity contribution is 0.0526. The van der Waals surface area contributed by atoms with Gasteiger partial charge in [0.2, 0.25) is 11.8 Å². The molecule has 3 aliphatic rings. The van der Waals surface area contributed by atoms with Gasteiger partial charge < -0.3 is 34.5 Å². The zero-order valence-corrected chi connectivity index (χ0v) is 24.1. The number of hydrogen-bond donors (Lipinski definition) is 2. The largest absolute Gasteiger partial charge is 0.474 e. The fourth-order valence-corrected chi connectivity index (χ4v) is 5.70. The number of hydrogen-bond acceptors (Lipinski definition) is 12. The van der Waals surface area contributed by atoms with E-state index in [4.69, 9.17) is 28.9 Å². The molecule has 0 radical (unpaired) electrons. The van der Waals surface area contributed by atoms with Crippen LogP contribution in [0.15, 0.2) is 30.6 Å². The molecule has 3 fully saturated rings. The average Bonchev–Trinajstić information content (AvgIpc) is 3.03. The van der Waals surface area contributed by atoms with Gasteiger partial charge in [-0.3, -0.25) is 4.98 Å². The summed E-state index contributed by atoms with van der Waals surface area (Å²) in [5.41, 5.74) is 1.23. The number of fused-ring (bicyclic) bond motifs is 1. The molecule has 12 nitrogen and oxygen atoms in total. The Bertz CT molecular complexity index is 1360. The highest BCUT2D eigenvalue weighted by atomic mass is 16.5. The van der Waals surface area contributed by atoms with Crippen LogP contribution in [0.4, 0.5) is 17.6 Å². The SMILES string of the molecule is CCOC(=O)c1cnc(NC2CCC(Oc3nc(N4CCOCC4)cc4ncccc34)CC2)nc1NC1CCOCC1. The van der Waals surface area contributed by atoms with Crippen LogP contribution in [0, 0.1) is 0 Å². The van der Waals surface area contributed by atoms with Crippen molar-refractivity contribution in [2.75, 3.05) is 61.7 Å². The van der Waals surface area contributed by atoms with Crippen LogP contribution in [0.3, 0.4) is 0 Å². The molecule has 5 heterocycles. The van der Waals surface area contributed by atoms with Crippen LogP contribution in [0.25, 0.3) is 10.9 Å². The van der Waals surface area contributed by atoms with E-state index in [1.54, 1.807) is 19.3 Å². The zero-order chi connectivity index (χ0) is 28.7. The lowest BCUT2D eigenvalue weighted by atomic mass is 9.93. The number of esters is 1. The van der Waals surface area contributed by atoms with E-state index in [1.165, 1.54) is 0 Å². The first-order valence-corrected chi connectivity index (χ1v) is 15.1. The van der Waals surface area contributed by atoms with E-state index in [9.17, 15) is 4.79 Å². The number of carbonyl (C=O) groups excluding carboxylic acids is 1. The van der Waals surface area contributed by atoms with Gasteiger partial charge in [-0.2, -0.15) is 9.97 Å². The maximum absolute atomic E-state index is 12.6. The van der Waals surface area contributed by atoms with Gasteiger partial charge in [-0.15, -0.1) is 0 Å². The van der Waals surface area contributed by atoms with Crippen LogP contribution in [-0.2, 0) is 14.2 Å². The van der Waals surface area contributed by atoms with E-state index < -0.39 is 5.97 Å². The first kappa shape index (κ1) is 28.4. The third kappa shape index (κ3) is 6.81. The highest BCUT2D eigenvalue weighted by Crippen LogP contribution is 2.31. The second-order valence-electron chi connectivity index (χ2n) is 10.9. The van der Waals surface area contributed by atoms with Crippen molar-refractivity contribution in [2.24, 2.45) is 0 Å². The summed E-state index contributed by atoms with van der Waals surface area (Å²) in [6.45, 7) is 6.44. The highest BCUT2D eigenvalue weighted by molar-refractivity contribution is 5.94. The third-order valence-corrected chi connectivity index (χ3v) is 8.02. The fourth-order valence-electron chi connectivity index (χ4n) is 5.70. The molecule has 2 aliphatic heterocycles. The molecule has 3 aromatic heterocycles. The summed E-state index contributed by atoms with van der Waals surface area (Å²) in [4.78, 5) is 33.4. The van der Waals surface area contributed by atoms with Crippen LogP contribution in [0.5, 0.6) is 5.88 Å². The van der Waals surface area contributed by atoms with E-state index >= 15 is 0 Å². The molecule has 2 N–H and O–H groups in total. The maximum atomic E-state index is 12.6. The maximum Gasteiger partial charge on any atom is 0.343 e. The van der Waals surface area contributed by atoms with Crippen molar-refractivity contribution in [3.05, 3.63) is 36.2 Å². The lowest BCUT2D eigenvalue weighted by Gasteiger charge is -2.31. The molecule has 12 heteroatoms. The summed E-state index contributed by atoms with van der Waals surface area (Å²) in [6.07, 6.45) is 8.66. The Morgan fingerprint density at radius 1 is 0.976 bits per heavy atom. The summed E-state index contributed by atoms with van der Waals surface area (Å²) in [5.74, 6) is 2.09. The summed E-state index contributed by atoms with van der Waals surface area (Å²) >= 11 is 0. The predicted octanol–water partition coefficient (Wildman–Crippen LogP) is 3.83. The van der Waals surface area contributed by atoms with Crippen LogP contribution < -0.4 is 20.3 Å². The van der Waals surface area contributed by atoms with E-state index in [1.807, 2.05) is 18.2 Å². The number of aromatic nitrogens is 4.